The van der Waals surface area contributed by atoms with E-state index in [1.54, 1.807) is 13.8 Å². The van der Waals surface area contributed by atoms with Crippen molar-refractivity contribution in [3.63, 3.8) is 0 Å². The fourth-order valence-corrected chi connectivity index (χ4v) is 2.44. The summed E-state index contributed by atoms with van der Waals surface area (Å²) >= 11 is 0. The van der Waals surface area contributed by atoms with Gasteiger partial charge in [-0.15, -0.1) is 0 Å². The van der Waals surface area contributed by atoms with Crippen LogP contribution in [0.4, 0.5) is 0 Å². The molecule has 4 atom stereocenters. The van der Waals surface area contributed by atoms with Crippen LogP contribution in [-0.4, -0.2) is 53.0 Å². The fraction of sp³-hybridized carbons (Fsp3) is 0.789. The number of hydrogen-bond acceptors (Lipinski definition) is 5. The molecule has 0 heterocycles. The minimum atomic E-state index is -1.14. The molecule has 0 saturated carbocycles. The number of carbonyl (C=O) groups excluding carboxylic acids is 3. The standard InChI is InChI=1S/C19H36N4O5/c1-9(2)8-13(22-18(26)14(20)10(3)4)17(25)21-12(7)16(24)23-15(11(5)6)19(27)28/h9-15H,8,20H2,1-7H3,(H,21,25)(H,22,26)(H,23,24)(H,27,28). The highest BCUT2D eigenvalue weighted by Crippen LogP contribution is 2.08. The molecule has 9 nitrogen and oxygen atoms in total. The van der Waals surface area contributed by atoms with Gasteiger partial charge < -0.3 is 26.8 Å². The maximum Gasteiger partial charge on any atom is 0.326 e. The highest BCUT2D eigenvalue weighted by atomic mass is 16.4. The van der Waals surface area contributed by atoms with Gasteiger partial charge >= 0.3 is 5.97 Å². The van der Waals surface area contributed by atoms with E-state index in [1.807, 2.05) is 27.7 Å². The van der Waals surface area contributed by atoms with Crippen LogP contribution in [-0.2, 0) is 19.2 Å². The van der Waals surface area contributed by atoms with Crippen LogP contribution in [0, 0.1) is 17.8 Å². The number of rotatable bonds is 11. The normalized spacial score (nSPS) is 15.7. The first-order valence-corrected chi connectivity index (χ1v) is 9.67. The number of aliphatic carboxylic acids is 1. The zero-order valence-corrected chi connectivity index (χ0v) is 17.9. The molecule has 0 aliphatic carbocycles. The molecule has 0 aliphatic rings. The van der Waals surface area contributed by atoms with Crippen LogP contribution in [0.1, 0.15) is 54.9 Å². The largest absolute Gasteiger partial charge is 0.480 e. The van der Waals surface area contributed by atoms with Crippen LogP contribution in [0.15, 0.2) is 0 Å². The van der Waals surface area contributed by atoms with E-state index in [0.717, 1.165) is 0 Å². The zero-order chi connectivity index (χ0) is 22.2. The van der Waals surface area contributed by atoms with Crippen molar-refractivity contribution >= 4 is 23.7 Å². The summed E-state index contributed by atoms with van der Waals surface area (Å²) in [6.45, 7) is 12.2. The zero-order valence-electron chi connectivity index (χ0n) is 17.9. The number of nitrogens with one attached hydrogen (secondary N) is 3. The number of carboxylic acid groups (broad SMARTS) is 1. The van der Waals surface area contributed by atoms with Crippen LogP contribution < -0.4 is 21.7 Å². The van der Waals surface area contributed by atoms with E-state index in [2.05, 4.69) is 16.0 Å². The van der Waals surface area contributed by atoms with Gasteiger partial charge in [-0.1, -0.05) is 41.5 Å². The lowest BCUT2D eigenvalue weighted by Gasteiger charge is -2.25. The van der Waals surface area contributed by atoms with Gasteiger partial charge in [-0.05, 0) is 31.1 Å². The molecule has 0 fully saturated rings. The minimum absolute atomic E-state index is 0.0866. The van der Waals surface area contributed by atoms with Crippen molar-refractivity contribution in [3.05, 3.63) is 0 Å². The Kier molecular flexibility index (Phi) is 10.7. The Balaban J connectivity index is 5.07. The topological polar surface area (TPSA) is 151 Å². The molecule has 162 valence electrons. The van der Waals surface area contributed by atoms with E-state index in [-0.39, 0.29) is 17.8 Å². The molecule has 0 radical (unpaired) electrons. The van der Waals surface area contributed by atoms with Gasteiger partial charge in [0.2, 0.25) is 17.7 Å². The Bertz CT molecular complexity index is 563. The van der Waals surface area contributed by atoms with Crippen molar-refractivity contribution in [2.75, 3.05) is 0 Å². The molecule has 9 heteroatoms. The van der Waals surface area contributed by atoms with Crippen LogP contribution in [0.5, 0.6) is 0 Å². The molecular formula is C19H36N4O5. The molecule has 0 spiro atoms. The monoisotopic (exact) mass is 400 g/mol. The molecule has 0 aromatic heterocycles. The second kappa shape index (κ2) is 11.6. The second-order valence-corrected chi connectivity index (χ2v) is 8.26. The van der Waals surface area contributed by atoms with Crippen molar-refractivity contribution in [2.24, 2.45) is 23.5 Å². The van der Waals surface area contributed by atoms with E-state index >= 15 is 0 Å². The molecule has 0 bridgehead atoms. The van der Waals surface area contributed by atoms with Gasteiger partial charge in [-0.2, -0.15) is 0 Å². The van der Waals surface area contributed by atoms with Gasteiger partial charge in [0, 0.05) is 0 Å². The lowest BCUT2D eigenvalue weighted by molar-refractivity contribution is -0.143. The molecular weight excluding hydrogens is 364 g/mol. The quantitative estimate of drug-likeness (QED) is 0.335. The predicted molar refractivity (Wildman–Crippen MR) is 106 cm³/mol. The summed E-state index contributed by atoms with van der Waals surface area (Å²) in [7, 11) is 0. The Morgan fingerprint density at radius 2 is 1.32 bits per heavy atom. The number of carbonyl (C=O) groups is 4. The molecule has 0 aromatic rings. The summed E-state index contributed by atoms with van der Waals surface area (Å²) in [6, 6.07) is -3.60. The van der Waals surface area contributed by atoms with Crippen molar-refractivity contribution < 1.29 is 24.3 Å². The maximum absolute atomic E-state index is 12.6. The number of carboxylic acids is 1. The molecule has 0 aliphatic heterocycles. The molecule has 3 amide bonds. The van der Waals surface area contributed by atoms with Crippen molar-refractivity contribution in [3.8, 4) is 0 Å². The average Bonchev–Trinajstić information content (AvgIpc) is 2.56. The minimum Gasteiger partial charge on any atom is -0.480 e. The molecule has 0 aromatic carbocycles. The van der Waals surface area contributed by atoms with E-state index in [4.69, 9.17) is 5.73 Å². The molecule has 0 saturated heterocycles. The van der Waals surface area contributed by atoms with Gasteiger partial charge in [-0.25, -0.2) is 4.79 Å². The summed E-state index contributed by atoms with van der Waals surface area (Å²) in [5.41, 5.74) is 5.84. The summed E-state index contributed by atoms with van der Waals surface area (Å²) in [6.07, 6.45) is 0.375. The third-order valence-electron chi connectivity index (χ3n) is 4.34. The van der Waals surface area contributed by atoms with Gasteiger partial charge in [-0.3, -0.25) is 14.4 Å². The van der Waals surface area contributed by atoms with Gasteiger partial charge in [0.05, 0.1) is 6.04 Å². The summed E-state index contributed by atoms with van der Waals surface area (Å²) in [5.74, 6) is -2.98. The number of hydrogen-bond donors (Lipinski definition) is 5. The summed E-state index contributed by atoms with van der Waals surface area (Å²) in [4.78, 5) is 48.3. The van der Waals surface area contributed by atoms with Crippen LogP contribution in [0.25, 0.3) is 0 Å². The van der Waals surface area contributed by atoms with Gasteiger partial charge in [0.15, 0.2) is 0 Å². The Morgan fingerprint density at radius 3 is 1.71 bits per heavy atom. The van der Waals surface area contributed by atoms with Crippen molar-refractivity contribution in [1.29, 1.82) is 0 Å². The highest BCUT2D eigenvalue weighted by molar-refractivity contribution is 5.93. The third-order valence-corrected chi connectivity index (χ3v) is 4.34. The summed E-state index contributed by atoms with van der Waals surface area (Å²) < 4.78 is 0. The first kappa shape index (κ1) is 25.8. The Labute approximate surface area is 167 Å². The maximum atomic E-state index is 12.6. The van der Waals surface area contributed by atoms with E-state index in [9.17, 15) is 24.3 Å². The van der Waals surface area contributed by atoms with Crippen molar-refractivity contribution in [2.45, 2.75) is 79.1 Å². The van der Waals surface area contributed by atoms with Gasteiger partial charge in [0.25, 0.3) is 0 Å². The average molecular weight is 401 g/mol. The van der Waals surface area contributed by atoms with E-state index < -0.39 is 47.9 Å². The third kappa shape index (κ3) is 8.69. The van der Waals surface area contributed by atoms with Crippen LogP contribution in [0.3, 0.4) is 0 Å². The molecule has 28 heavy (non-hydrogen) atoms. The van der Waals surface area contributed by atoms with Crippen LogP contribution >= 0.6 is 0 Å². The number of amides is 3. The van der Waals surface area contributed by atoms with E-state index in [1.165, 1.54) is 6.92 Å². The first-order valence-electron chi connectivity index (χ1n) is 9.67. The highest BCUT2D eigenvalue weighted by Gasteiger charge is 2.30. The molecule has 6 N–H and O–H groups in total. The summed E-state index contributed by atoms with van der Waals surface area (Å²) in [5, 5.41) is 16.8. The first-order chi connectivity index (χ1) is 12.8. The van der Waals surface area contributed by atoms with Gasteiger partial charge in [0.1, 0.15) is 18.1 Å². The Hall–Kier alpha value is -2.16. The van der Waals surface area contributed by atoms with Crippen molar-refractivity contribution in [1.82, 2.24) is 16.0 Å². The second-order valence-electron chi connectivity index (χ2n) is 8.26. The van der Waals surface area contributed by atoms with Crippen LogP contribution in [0.2, 0.25) is 0 Å². The number of nitrogens with two attached hydrogens (primary N) is 1. The Morgan fingerprint density at radius 1 is 0.786 bits per heavy atom. The lowest BCUT2D eigenvalue weighted by atomic mass is 10.00. The SMILES string of the molecule is CC(C)CC(NC(=O)C(N)C(C)C)C(=O)NC(C)C(=O)NC(C(=O)O)C(C)C. The molecule has 0 rings (SSSR count). The lowest BCUT2D eigenvalue weighted by Crippen LogP contribution is -2.57. The molecule has 4 unspecified atom stereocenters. The fourth-order valence-electron chi connectivity index (χ4n) is 2.44. The predicted octanol–water partition coefficient (Wildman–Crippen LogP) is 0.231. The smallest absolute Gasteiger partial charge is 0.326 e. The van der Waals surface area contributed by atoms with E-state index in [0.29, 0.717) is 6.42 Å².